The van der Waals surface area contributed by atoms with E-state index in [2.05, 4.69) is 15.0 Å². The van der Waals surface area contributed by atoms with E-state index in [4.69, 9.17) is 69.6 Å². The van der Waals surface area contributed by atoms with Gasteiger partial charge in [-0.05, 0) is 31.2 Å². The van der Waals surface area contributed by atoms with E-state index in [-0.39, 0.29) is 30.6 Å². The number of hydrogen-bond donors (Lipinski definition) is 1. The molecule has 0 aliphatic heterocycles. The summed E-state index contributed by atoms with van der Waals surface area (Å²) >= 11 is 35.2. The number of ketones is 1. The van der Waals surface area contributed by atoms with Gasteiger partial charge >= 0.3 is 0 Å². The molecule has 1 aromatic carbocycles. The normalized spacial score (nSPS) is 13.1. The highest BCUT2D eigenvalue weighted by Crippen LogP contribution is 2.40. The van der Waals surface area contributed by atoms with Gasteiger partial charge in [0.2, 0.25) is 7.59 Å². The summed E-state index contributed by atoms with van der Waals surface area (Å²) in [5.41, 5.74) is 1.03. The lowest BCUT2D eigenvalue weighted by molar-refractivity contribution is -0.124. The fraction of sp³-hybridized carbons (Fsp3) is 0.353. The first kappa shape index (κ1) is 25.3. The zero-order valence-electron chi connectivity index (χ0n) is 15.2. The Hall–Kier alpha value is -0.930. The van der Waals surface area contributed by atoms with Crippen LogP contribution in [0.2, 0.25) is 0 Å². The van der Waals surface area contributed by atoms with E-state index in [9.17, 15) is 14.7 Å². The molecule has 0 amide bonds. The van der Waals surface area contributed by atoms with Crippen LogP contribution in [0, 0.1) is 0 Å². The van der Waals surface area contributed by atoms with Crippen LogP contribution in [0.4, 0.5) is 5.69 Å². The summed E-state index contributed by atoms with van der Waals surface area (Å²) in [6.45, 7) is 1.17. The van der Waals surface area contributed by atoms with E-state index in [1.165, 1.54) is 11.8 Å². The number of carbonyl (C=O) groups is 2. The van der Waals surface area contributed by atoms with Crippen LogP contribution in [0.1, 0.15) is 18.6 Å². The van der Waals surface area contributed by atoms with Crippen LogP contribution in [0.5, 0.6) is 0 Å². The molecule has 2 rings (SSSR count). The van der Waals surface area contributed by atoms with E-state index in [0.717, 1.165) is 0 Å². The lowest BCUT2D eigenvalue weighted by Gasteiger charge is -2.22. The lowest BCUT2D eigenvalue weighted by atomic mass is 10.1. The number of hydrogen-bond acceptors (Lipinski definition) is 7. The molecule has 2 aromatic rings. The quantitative estimate of drug-likeness (QED) is 0.421. The summed E-state index contributed by atoms with van der Waals surface area (Å²) in [6.07, 6.45) is -0.500. The van der Waals surface area contributed by atoms with Gasteiger partial charge in [-0.2, -0.15) is 0 Å². The SMILES string of the molecule is CC(O)C(=O)CN(CC=O)c1ccc(-c2nc(C(Cl)(Cl)Cl)nc(C(Cl)(Cl)Cl)n2)cc1. The molecule has 0 fully saturated rings. The molecule has 1 N–H and O–H groups in total. The van der Waals surface area contributed by atoms with E-state index in [0.29, 0.717) is 17.5 Å². The Labute approximate surface area is 202 Å². The molecule has 1 heterocycles. The van der Waals surface area contributed by atoms with Crippen LogP contribution in [0.25, 0.3) is 11.4 Å². The maximum atomic E-state index is 11.8. The molecule has 13 heteroatoms. The molecule has 0 spiro atoms. The smallest absolute Gasteiger partial charge is 0.250 e. The Morgan fingerprint density at radius 3 is 1.93 bits per heavy atom. The molecule has 0 bridgehead atoms. The third-order valence-electron chi connectivity index (χ3n) is 3.74. The highest BCUT2D eigenvalue weighted by atomic mass is 35.6. The molecule has 1 aromatic heterocycles. The number of alkyl halides is 6. The van der Waals surface area contributed by atoms with E-state index in [1.54, 1.807) is 24.3 Å². The van der Waals surface area contributed by atoms with E-state index < -0.39 is 19.5 Å². The Balaban J connectivity index is 2.43. The van der Waals surface area contributed by atoms with Gasteiger partial charge in [0, 0.05) is 11.3 Å². The number of rotatable bonds is 7. The van der Waals surface area contributed by atoms with Gasteiger partial charge < -0.3 is 14.8 Å². The molecule has 0 aliphatic rings. The predicted molar refractivity (Wildman–Crippen MR) is 119 cm³/mol. The third-order valence-corrected chi connectivity index (χ3v) is 4.75. The predicted octanol–water partition coefficient (Wildman–Crippen LogP) is 4.15. The number of halogens is 6. The minimum Gasteiger partial charge on any atom is -0.386 e. The molecule has 0 radical (unpaired) electrons. The van der Waals surface area contributed by atoms with Crippen molar-refractivity contribution in [2.45, 2.75) is 20.6 Å². The summed E-state index contributed by atoms with van der Waals surface area (Å²) < 4.78 is -3.96. The second-order valence-electron chi connectivity index (χ2n) is 6.04. The largest absolute Gasteiger partial charge is 0.386 e. The van der Waals surface area contributed by atoms with Gasteiger partial charge in [-0.15, -0.1) is 0 Å². The second kappa shape index (κ2) is 10.1. The van der Waals surface area contributed by atoms with Crippen LogP contribution in [0.3, 0.4) is 0 Å². The summed E-state index contributed by atoms with van der Waals surface area (Å²) in [5, 5.41) is 9.41. The number of Topliss-reactive ketones (excluding diaryl/α,β-unsaturated/α-hetero) is 1. The zero-order valence-corrected chi connectivity index (χ0v) is 19.7. The van der Waals surface area contributed by atoms with Gasteiger partial charge in [-0.1, -0.05) is 69.6 Å². The molecule has 0 saturated carbocycles. The van der Waals surface area contributed by atoms with Crippen molar-refractivity contribution in [3.8, 4) is 11.4 Å². The number of aromatic nitrogens is 3. The van der Waals surface area contributed by atoms with Crippen molar-refractivity contribution < 1.29 is 14.7 Å². The summed E-state index contributed by atoms with van der Waals surface area (Å²) in [6, 6.07) is 6.48. The van der Waals surface area contributed by atoms with Gasteiger partial charge in [0.15, 0.2) is 23.3 Å². The second-order valence-corrected chi connectivity index (χ2v) is 10.6. The Morgan fingerprint density at radius 1 is 1.03 bits per heavy atom. The Kier molecular flexibility index (Phi) is 8.55. The molecule has 0 saturated heterocycles. The van der Waals surface area contributed by atoms with Crippen molar-refractivity contribution in [3.63, 3.8) is 0 Å². The van der Waals surface area contributed by atoms with Crippen LogP contribution >= 0.6 is 69.6 Å². The lowest BCUT2D eigenvalue weighted by Crippen LogP contribution is -2.35. The summed E-state index contributed by atoms with van der Waals surface area (Å²) in [5.74, 6) is -0.805. The van der Waals surface area contributed by atoms with Crippen LogP contribution < -0.4 is 4.90 Å². The fourth-order valence-electron chi connectivity index (χ4n) is 2.25. The highest BCUT2D eigenvalue weighted by molar-refractivity contribution is 6.67. The van der Waals surface area contributed by atoms with Crippen molar-refractivity contribution in [1.82, 2.24) is 15.0 Å². The summed E-state index contributed by atoms with van der Waals surface area (Å²) in [4.78, 5) is 36.5. The van der Waals surface area contributed by atoms with Crippen molar-refractivity contribution in [3.05, 3.63) is 35.9 Å². The van der Waals surface area contributed by atoms with E-state index >= 15 is 0 Å². The number of aliphatic hydroxyl groups is 1. The first-order valence-electron chi connectivity index (χ1n) is 8.23. The molecule has 162 valence electrons. The Morgan fingerprint density at radius 2 is 1.53 bits per heavy atom. The van der Waals surface area contributed by atoms with Gasteiger partial charge in [-0.3, -0.25) is 4.79 Å². The molecule has 0 aliphatic carbocycles. The van der Waals surface area contributed by atoms with Gasteiger partial charge in [0.25, 0.3) is 0 Å². The van der Waals surface area contributed by atoms with Crippen LogP contribution in [0.15, 0.2) is 24.3 Å². The number of anilines is 1. The molecular formula is C17H14Cl6N4O3. The maximum Gasteiger partial charge on any atom is 0.250 e. The molecule has 1 unspecified atom stereocenters. The van der Waals surface area contributed by atoms with Gasteiger partial charge in [-0.25, -0.2) is 15.0 Å². The topological polar surface area (TPSA) is 96.3 Å². The number of carbonyl (C=O) groups excluding carboxylic acids is 2. The number of aldehydes is 1. The fourth-order valence-corrected chi connectivity index (χ4v) is 2.76. The highest BCUT2D eigenvalue weighted by Gasteiger charge is 2.34. The monoisotopic (exact) mass is 532 g/mol. The Bertz CT molecular complexity index is 881. The van der Waals surface area contributed by atoms with Crippen molar-refractivity contribution >= 4 is 87.4 Å². The third kappa shape index (κ3) is 6.79. The van der Waals surface area contributed by atoms with Crippen molar-refractivity contribution in [1.29, 1.82) is 0 Å². The average Bonchev–Trinajstić information content (AvgIpc) is 2.66. The van der Waals surface area contributed by atoms with Gasteiger partial charge in [0.05, 0.1) is 13.1 Å². The van der Waals surface area contributed by atoms with Crippen molar-refractivity contribution in [2.24, 2.45) is 0 Å². The first-order chi connectivity index (χ1) is 13.8. The molecular weight excluding hydrogens is 521 g/mol. The van der Waals surface area contributed by atoms with E-state index in [1.807, 2.05) is 0 Å². The zero-order chi connectivity index (χ0) is 22.7. The number of aliphatic hydroxyl groups excluding tert-OH is 1. The molecule has 7 nitrogen and oxygen atoms in total. The first-order valence-corrected chi connectivity index (χ1v) is 10.5. The molecule has 30 heavy (non-hydrogen) atoms. The van der Waals surface area contributed by atoms with Crippen LogP contribution in [-0.2, 0) is 17.2 Å². The number of benzene rings is 1. The summed E-state index contributed by atoms with van der Waals surface area (Å²) in [7, 11) is 0. The minimum atomic E-state index is -1.98. The van der Waals surface area contributed by atoms with Gasteiger partial charge in [0.1, 0.15) is 12.4 Å². The molecule has 1 atom stereocenters. The average molecular weight is 535 g/mol. The number of nitrogens with zero attached hydrogens (tertiary/aromatic N) is 4. The maximum absolute atomic E-state index is 11.8. The minimum absolute atomic E-state index is 0.0433. The van der Waals surface area contributed by atoms with Crippen molar-refractivity contribution in [2.75, 3.05) is 18.0 Å². The standard InChI is InChI=1S/C17H14Cl6N4O3/c1-9(29)12(30)8-27(6-7-28)11-4-2-10(3-5-11)13-24-14(16(18,19)20)26-15(25-13)17(21,22)23/h2-5,7,9,29H,6,8H2,1H3. The van der Waals surface area contributed by atoms with Crippen LogP contribution in [-0.4, -0.2) is 51.3 Å².